The van der Waals surface area contributed by atoms with Crippen molar-refractivity contribution in [1.82, 2.24) is 30.3 Å². The Morgan fingerprint density at radius 2 is 1.90 bits per heavy atom. The number of pyridine rings is 1. The molecule has 0 saturated heterocycles. The number of aryl methyl sites for hydroxylation is 2. The van der Waals surface area contributed by atoms with E-state index in [2.05, 4.69) is 50.6 Å². The maximum Gasteiger partial charge on any atom is 0.251 e. The van der Waals surface area contributed by atoms with Gasteiger partial charge in [0.25, 0.3) is 5.91 Å². The van der Waals surface area contributed by atoms with Gasteiger partial charge in [-0.15, -0.1) is 0 Å². The Balaban J connectivity index is 1.63. The third kappa shape index (κ3) is 10.2. The van der Waals surface area contributed by atoms with Gasteiger partial charge in [-0.1, -0.05) is 26.3 Å². The summed E-state index contributed by atoms with van der Waals surface area (Å²) in [5.41, 5.74) is 5.09. The van der Waals surface area contributed by atoms with E-state index < -0.39 is 10.0 Å². The first-order valence-electron chi connectivity index (χ1n) is 14.1. The van der Waals surface area contributed by atoms with Crippen molar-refractivity contribution in [3.8, 4) is 6.07 Å². The summed E-state index contributed by atoms with van der Waals surface area (Å²) in [6.07, 6.45) is 7.81. The molecule has 0 saturated carbocycles. The quantitative estimate of drug-likeness (QED) is 0.205. The van der Waals surface area contributed by atoms with E-state index in [4.69, 9.17) is 4.98 Å². The molecule has 3 rings (SSSR count). The molecule has 3 aromatic rings. The molecule has 0 aliphatic rings. The molecular formula is C30H40N8O3S. The molecule has 0 radical (unpaired) electrons. The lowest BCUT2D eigenvalue weighted by Gasteiger charge is -2.23. The molecule has 2 heterocycles. The number of nitrogens with zero attached hydrogens (tertiary/aromatic N) is 4. The Hall–Kier alpha value is -3.92. The van der Waals surface area contributed by atoms with Gasteiger partial charge < -0.3 is 16.0 Å². The second-order valence-corrected chi connectivity index (χ2v) is 12.2. The Morgan fingerprint density at radius 1 is 1.12 bits per heavy atom. The first-order valence-corrected chi connectivity index (χ1v) is 16.0. The SMILES string of the molecule is CCC[C@H](C[C@@H](C)NC(=O)c1ccnc(CNS(C)(=O)=O)c1)NCc1nc(Nc2ccc(C)c(C#N)c2)ncc1CC. The fraction of sp³-hybridized carbons (Fsp3) is 0.433. The number of rotatable bonds is 15. The zero-order chi connectivity index (χ0) is 30.7. The van der Waals surface area contributed by atoms with Gasteiger partial charge >= 0.3 is 0 Å². The standard InChI is InChI=1S/C30H40N8O3S/c1-6-8-25(13-21(4)36-29(39)23-11-12-32-27(14-23)18-35-42(5,40)41)33-19-28-22(7-2)17-34-30(38-28)37-26-10-9-20(3)24(15-26)16-31/h9-12,14-15,17,21,25,33,35H,6-8,13,18-19H2,1-5H3,(H,36,39)(H,34,37,38)/t21-,25-/m1/s1. The van der Waals surface area contributed by atoms with Crippen molar-refractivity contribution in [3.63, 3.8) is 0 Å². The molecule has 1 amide bonds. The van der Waals surface area contributed by atoms with Crippen LogP contribution in [-0.4, -0.2) is 47.6 Å². The van der Waals surface area contributed by atoms with E-state index in [0.717, 1.165) is 48.0 Å². The van der Waals surface area contributed by atoms with Crippen LogP contribution < -0.4 is 20.7 Å². The lowest BCUT2D eigenvalue weighted by atomic mass is 10.0. The predicted molar refractivity (Wildman–Crippen MR) is 164 cm³/mol. The van der Waals surface area contributed by atoms with Crippen LogP contribution in [-0.2, 0) is 29.5 Å². The minimum atomic E-state index is -3.36. The number of carbonyl (C=O) groups is 1. The minimum absolute atomic E-state index is 0.0178. The van der Waals surface area contributed by atoms with Crippen LogP contribution in [0.2, 0.25) is 0 Å². The molecule has 0 unspecified atom stereocenters. The summed E-state index contributed by atoms with van der Waals surface area (Å²) in [7, 11) is -3.36. The van der Waals surface area contributed by atoms with Crippen LogP contribution in [0.3, 0.4) is 0 Å². The minimum Gasteiger partial charge on any atom is -0.350 e. The van der Waals surface area contributed by atoms with Gasteiger partial charge in [0.05, 0.1) is 35.8 Å². The monoisotopic (exact) mass is 592 g/mol. The van der Waals surface area contributed by atoms with Crippen LogP contribution in [0.25, 0.3) is 0 Å². The maximum atomic E-state index is 12.9. The average molecular weight is 593 g/mol. The highest BCUT2D eigenvalue weighted by molar-refractivity contribution is 7.88. The first kappa shape index (κ1) is 32.6. The second-order valence-electron chi connectivity index (χ2n) is 10.4. The summed E-state index contributed by atoms with van der Waals surface area (Å²) >= 11 is 0. The van der Waals surface area contributed by atoms with Gasteiger partial charge in [0.2, 0.25) is 16.0 Å². The van der Waals surface area contributed by atoms with Crippen molar-refractivity contribution in [1.29, 1.82) is 5.26 Å². The van der Waals surface area contributed by atoms with E-state index in [-0.39, 0.29) is 24.5 Å². The predicted octanol–water partition coefficient (Wildman–Crippen LogP) is 3.87. The molecule has 4 N–H and O–H groups in total. The fourth-order valence-corrected chi connectivity index (χ4v) is 4.92. The van der Waals surface area contributed by atoms with Gasteiger partial charge in [-0.2, -0.15) is 5.26 Å². The van der Waals surface area contributed by atoms with Crippen LogP contribution in [0.1, 0.15) is 78.5 Å². The molecule has 0 aliphatic carbocycles. The summed E-state index contributed by atoms with van der Waals surface area (Å²) in [6, 6.07) is 11.0. The number of anilines is 2. The zero-order valence-electron chi connectivity index (χ0n) is 24.9. The van der Waals surface area contributed by atoms with E-state index in [1.807, 2.05) is 32.2 Å². The average Bonchev–Trinajstić information content (AvgIpc) is 2.95. The third-order valence-corrected chi connectivity index (χ3v) is 7.42. The molecule has 2 atom stereocenters. The summed E-state index contributed by atoms with van der Waals surface area (Å²) in [6.45, 7) is 8.62. The Morgan fingerprint density at radius 3 is 2.60 bits per heavy atom. The number of hydrogen-bond donors (Lipinski definition) is 4. The van der Waals surface area contributed by atoms with Crippen LogP contribution in [0.4, 0.5) is 11.6 Å². The number of hydrogen-bond acceptors (Lipinski definition) is 9. The lowest BCUT2D eigenvalue weighted by Crippen LogP contribution is -2.39. The Bertz CT molecular complexity index is 1520. The first-order chi connectivity index (χ1) is 20.0. The molecule has 2 aromatic heterocycles. The van der Waals surface area contributed by atoms with Crippen molar-refractivity contribution >= 4 is 27.6 Å². The Kier molecular flexibility index (Phi) is 11.9. The van der Waals surface area contributed by atoms with Crippen LogP contribution >= 0.6 is 0 Å². The smallest absolute Gasteiger partial charge is 0.251 e. The summed E-state index contributed by atoms with van der Waals surface area (Å²) < 4.78 is 25.2. The molecule has 0 bridgehead atoms. The van der Waals surface area contributed by atoms with Crippen LogP contribution in [0.5, 0.6) is 0 Å². The largest absolute Gasteiger partial charge is 0.350 e. The number of nitrogens with one attached hydrogen (secondary N) is 4. The van der Waals surface area contributed by atoms with Gasteiger partial charge in [-0.25, -0.2) is 23.1 Å². The van der Waals surface area contributed by atoms with E-state index in [1.54, 1.807) is 18.2 Å². The van der Waals surface area contributed by atoms with Crippen molar-refractivity contribution < 1.29 is 13.2 Å². The highest BCUT2D eigenvalue weighted by Crippen LogP contribution is 2.19. The van der Waals surface area contributed by atoms with Gasteiger partial charge in [-0.3, -0.25) is 9.78 Å². The number of nitriles is 1. The second kappa shape index (κ2) is 15.3. The molecule has 224 valence electrons. The topological polar surface area (TPSA) is 162 Å². The normalized spacial score (nSPS) is 12.8. The molecule has 0 spiro atoms. The maximum absolute atomic E-state index is 12.9. The van der Waals surface area contributed by atoms with Gasteiger partial charge in [0, 0.05) is 42.3 Å². The molecule has 0 fully saturated rings. The molecule has 0 aliphatic heterocycles. The Labute approximate surface area is 248 Å². The van der Waals surface area contributed by atoms with Crippen LogP contribution in [0, 0.1) is 18.3 Å². The van der Waals surface area contributed by atoms with E-state index in [1.165, 1.54) is 6.20 Å². The third-order valence-electron chi connectivity index (χ3n) is 6.75. The highest BCUT2D eigenvalue weighted by Gasteiger charge is 2.17. The molecule has 42 heavy (non-hydrogen) atoms. The molecule has 11 nitrogen and oxygen atoms in total. The van der Waals surface area contributed by atoms with Crippen molar-refractivity contribution in [2.24, 2.45) is 0 Å². The van der Waals surface area contributed by atoms with Gasteiger partial charge in [0.1, 0.15) is 0 Å². The summed E-state index contributed by atoms with van der Waals surface area (Å²) in [5, 5.41) is 19.2. The summed E-state index contributed by atoms with van der Waals surface area (Å²) in [5.74, 6) is 0.226. The van der Waals surface area contributed by atoms with Gasteiger partial charge in [-0.05, 0) is 68.5 Å². The molecule has 1 aromatic carbocycles. The fourth-order valence-electron chi connectivity index (χ4n) is 4.51. The van der Waals surface area contributed by atoms with Crippen molar-refractivity contribution in [2.75, 3.05) is 11.6 Å². The van der Waals surface area contributed by atoms with Crippen molar-refractivity contribution in [2.45, 2.75) is 78.6 Å². The van der Waals surface area contributed by atoms with Crippen LogP contribution in [0.15, 0.2) is 42.7 Å². The van der Waals surface area contributed by atoms with Gasteiger partial charge in [0.15, 0.2) is 0 Å². The number of amides is 1. The van der Waals surface area contributed by atoms with E-state index in [0.29, 0.717) is 35.7 Å². The number of sulfonamides is 1. The highest BCUT2D eigenvalue weighted by atomic mass is 32.2. The van der Waals surface area contributed by atoms with Crippen molar-refractivity contribution in [3.05, 3.63) is 76.4 Å². The molecule has 12 heteroatoms. The summed E-state index contributed by atoms with van der Waals surface area (Å²) in [4.78, 5) is 26.3. The lowest BCUT2D eigenvalue weighted by molar-refractivity contribution is 0.0935. The number of carbonyl (C=O) groups excluding carboxylic acids is 1. The molecular weight excluding hydrogens is 552 g/mol. The number of benzene rings is 1. The van der Waals surface area contributed by atoms with E-state index >= 15 is 0 Å². The van der Waals surface area contributed by atoms with E-state index in [9.17, 15) is 18.5 Å². The number of aromatic nitrogens is 3. The zero-order valence-corrected chi connectivity index (χ0v) is 25.7.